The van der Waals surface area contributed by atoms with Crippen molar-refractivity contribution < 1.29 is 4.74 Å². The van der Waals surface area contributed by atoms with Crippen molar-refractivity contribution >= 4 is 12.4 Å². The summed E-state index contributed by atoms with van der Waals surface area (Å²) in [7, 11) is 0. The van der Waals surface area contributed by atoms with Gasteiger partial charge in [-0.25, -0.2) is 0 Å². The quantitative estimate of drug-likeness (QED) is 0.750. The monoisotopic (exact) mass is 272 g/mol. The molecule has 0 aromatic heterocycles. The first kappa shape index (κ1) is 17.2. The van der Waals surface area contributed by atoms with E-state index in [1.807, 2.05) is 38.1 Å². The molecule has 0 aliphatic rings. The summed E-state index contributed by atoms with van der Waals surface area (Å²) in [5.41, 5.74) is 12.8. The number of rotatable bonds is 7. The molecule has 0 fully saturated rings. The largest absolute Gasteiger partial charge is 0.491 e. The zero-order valence-corrected chi connectivity index (χ0v) is 12.1. The lowest BCUT2D eigenvalue weighted by atomic mass is 10.0. The van der Waals surface area contributed by atoms with Crippen LogP contribution in [-0.4, -0.2) is 12.6 Å². The van der Waals surface area contributed by atoms with Crippen molar-refractivity contribution in [3.05, 3.63) is 29.8 Å². The molecule has 4 heteroatoms. The summed E-state index contributed by atoms with van der Waals surface area (Å²) >= 11 is 0. The van der Waals surface area contributed by atoms with Crippen molar-refractivity contribution in [2.45, 2.75) is 45.3 Å². The van der Waals surface area contributed by atoms with Crippen molar-refractivity contribution in [1.29, 1.82) is 0 Å². The zero-order valence-electron chi connectivity index (χ0n) is 11.3. The Labute approximate surface area is 116 Å². The molecular formula is C14H25ClN2O. The minimum atomic E-state index is 0. The third kappa shape index (κ3) is 5.71. The summed E-state index contributed by atoms with van der Waals surface area (Å²) in [5, 5.41) is 0. The fraction of sp³-hybridized carbons (Fsp3) is 0.571. The molecule has 0 heterocycles. The SMILES string of the molecule is CC(C)Oc1ccccc1[C@H](N)CCCCN.Cl. The van der Waals surface area contributed by atoms with E-state index in [9.17, 15) is 0 Å². The highest BCUT2D eigenvalue weighted by Crippen LogP contribution is 2.27. The van der Waals surface area contributed by atoms with Gasteiger partial charge in [-0.3, -0.25) is 0 Å². The maximum absolute atomic E-state index is 6.19. The molecule has 1 rings (SSSR count). The van der Waals surface area contributed by atoms with Crippen LogP contribution in [0.25, 0.3) is 0 Å². The molecule has 0 radical (unpaired) electrons. The van der Waals surface area contributed by atoms with Gasteiger partial charge in [0.05, 0.1) is 6.10 Å². The molecule has 0 bridgehead atoms. The van der Waals surface area contributed by atoms with Gasteiger partial charge in [0.15, 0.2) is 0 Å². The second-order valence-corrected chi connectivity index (χ2v) is 4.60. The van der Waals surface area contributed by atoms with Crippen LogP contribution in [-0.2, 0) is 0 Å². The number of ether oxygens (including phenoxy) is 1. The first-order valence-electron chi connectivity index (χ1n) is 6.36. The number of nitrogens with two attached hydrogens (primary N) is 2. The molecule has 104 valence electrons. The Hall–Kier alpha value is -0.770. The lowest BCUT2D eigenvalue weighted by molar-refractivity contribution is 0.238. The van der Waals surface area contributed by atoms with Crippen molar-refractivity contribution in [3.8, 4) is 5.75 Å². The van der Waals surface area contributed by atoms with Crippen LogP contribution in [0, 0.1) is 0 Å². The Morgan fingerprint density at radius 2 is 1.83 bits per heavy atom. The van der Waals surface area contributed by atoms with Gasteiger partial charge in [0, 0.05) is 11.6 Å². The van der Waals surface area contributed by atoms with E-state index in [0.717, 1.165) is 37.1 Å². The molecule has 1 atom stereocenters. The standard InChI is InChI=1S/C14H24N2O.ClH/c1-11(2)17-14-9-4-3-7-12(14)13(16)8-5-6-10-15;/h3-4,7,9,11,13H,5-6,8,10,15-16H2,1-2H3;1H/t13-;/m1./s1. The number of para-hydroxylation sites is 1. The van der Waals surface area contributed by atoms with Crippen LogP contribution in [0.4, 0.5) is 0 Å². The third-order valence-corrected chi connectivity index (χ3v) is 2.65. The number of hydrogen-bond acceptors (Lipinski definition) is 3. The fourth-order valence-electron chi connectivity index (χ4n) is 1.81. The van der Waals surface area contributed by atoms with Gasteiger partial charge < -0.3 is 16.2 Å². The Balaban J connectivity index is 0.00000289. The molecule has 18 heavy (non-hydrogen) atoms. The molecule has 4 N–H and O–H groups in total. The van der Waals surface area contributed by atoms with Crippen LogP contribution in [0.2, 0.25) is 0 Å². The highest BCUT2D eigenvalue weighted by Gasteiger charge is 2.12. The van der Waals surface area contributed by atoms with E-state index in [1.165, 1.54) is 0 Å². The third-order valence-electron chi connectivity index (χ3n) is 2.65. The molecule has 0 amide bonds. The summed E-state index contributed by atoms with van der Waals surface area (Å²) < 4.78 is 5.77. The number of hydrogen-bond donors (Lipinski definition) is 2. The summed E-state index contributed by atoms with van der Waals surface area (Å²) in [5.74, 6) is 0.905. The van der Waals surface area contributed by atoms with Gasteiger partial charge in [0.2, 0.25) is 0 Å². The highest BCUT2D eigenvalue weighted by molar-refractivity contribution is 5.85. The average Bonchev–Trinajstić information content (AvgIpc) is 2.29. The van der Waals surface area contributed by atoms with E-state index in [1.54, 1.807) is 0 Å². The Morgan fingerprint density at radius 1 is 1.17 bits per heavy atom. The molecule has 0 aliphatic heterocycles. The Bertz CT molecular complexity index is 331. The lowest BCUT2D eigenvalue weighted by Gasteiger charge is -2.18. The molecule has 0 aliphatic carbocycles. The molecule has 1 aromatic rings. The fourth-order valence-corrected chi connectivity index (χ4v) is 1.81. The van der Waals surface area contributed by atoms with E-state index in [4.69, 9.17) is 16.2 Å². The maximum atomic E-state index is 6.19. The minimum absolute atomic E-state index is 0. The molecule has 0 unspecified atom stereocenters. The van der Waals surface area contributed by atoms with Crippen LogP contribution < -0.4 is 16.2 Å². The Kier molecular flexibility index (Phi) is 8.81. The van der Waals surface area contributed by atoms with Crippen molar-refractivity contribution in [2.75, 3.05) is 6.54 Å². The first-order chi connectivity index (χ1) is 8.15. The molecule has 0 spiro atoms. The van der Waals surface area contributed by atoms with Gasteiger partial charge in [-0.2, -0.15) is 0 Å². The lowest BCUT2D eigenvalue weighted by Crippen LogP contribution is -2.14. The van der Waals surface area contributed by atoms with Crippen LogP contribution >= 0.6 is 12.4 Å². The van der Waals surface area contributed by atoms with Crippen LogP contribution in [0.3, 0.4) is 0 Å². The first-order valence-corrected chi connectivity index (χ1v) is 6.36. The summed E-state index contributed by atoms with van der Waals surface area (Å²) in [6.07, 6.45) is 3.22. The second-order valence-electron chi connectivity index (χ2n) is 4.60. The molecule has 3 nitrogen and oxygen atoms in total. The number of unbranched alkanes of at least 4 members (excludes halogenated alkanes) is 1. The normalized spacial score (nSPS) is 12.1. The van der Waals surface area contributed by atoms with E-state index in [-0.39, 0.29) is 24.6 Å². The minimum Gasteiger partial charge on any atom is -0.491 e. The Morgan fingerprint density at radius 3 is 2.44 bits per heavy atom. The van der Waals surface area contributed by atoms with Gasteiger partial charge in [0.1, 0.15) is 5.75 Å². The summed E-state index contributed by atoms with van der Waals surface area (Å²) in [6.45, 7) is 4.78. The molecule has 0 saturated heterocycles. The van der Waals surface area contributed by atoms with E-state index < -0.39 is 0 Å². The van der Waals surface area contributed by atoms with Crippen LogP contribution in [0.15, 0.2) is 24.3 Å². The summed E-state index contributed by atoms with van der Waals surface area (Å²) in [4.78, 5) is 0. The van der Waals surface area contributed by atoms with Gasteiger partial charge >= 0.3 is 0 Å². The van der Waals surface area contributed by atoms with Crippen molar-refractivity contribution in [1.82, 2.24) is 0 Å². The van der Waals surface area contributed by atoms with Crippen LogP contribution in [0.1, 0.15) is 44.7 Å². The van der Waals surface area contributed by atoms with Gasteiger partial charge in [-0.1, -0.05) is 24.6 Å². The molecule has 0 saturated carbocycles. The van der Waals surface area contributed by atoms with Crippen molar-refractivity contribution in [3.63, 3.8) is 0 Å². The molecule has 1 aromatic carbocycles. The van der Waals surface area contributed by atoms with Crippen LogP contribution in [0.5, 0.6) is 5.75 Å². The van der Waals surface area contributed by atoms with E-state index >= 15 is 0 Å². The van der Waals surface area contributed by atoms with E-state index in [2.05, 4.69) is 0 Å². The van der Waals surface area contributed by atoms with E-state index in [0.29, 0.717) is 0 Å². The number of benzene rings is 1. The predicted molar refractivity (Wildman–Crippen MR) is 79.3 cm³/mol. The summed E-state index contributed by atoms with van der Waals surface area (Å²) in [6, 6.07) is 8.05. The number of halogens is 1. The predicted octanol–water partition coefficient (Wildman–Crippen LogP) is 3.02. The molecular weight excluding hydrogens is 248 g/mol. The van der Waals surface area contributed by atoms with Gasteiger partial charge in [-0.05, 0) is 39.3 Å². The maximum Gasteiger partial charge on any atom is 0.124 e. The smallest absolute Gasteiger partial charge is 0.124 e. The topological polar surface area (TPSA) is 61.3 Å². The second kappa shape index (κ2) is 9.20. The van der Waals surface area contributed by atoms with Gasteiger partial charge in [0.25, 0.3) is 0 Å². The zero-order chi connectivity index (χ0) is 12.7. The van der Waals surface area contributed by atoms with Gasteiger partial charge in [-0.15, -0.1) is 12.4 Å². The highest BCUT2D eigenvalue weighted by atomic mass is 35.5. The van der Waals surface area contributed by atoms with Crippen molar-refractivity contribution in [2.24, 2.45) is 11.5 Å². The average molecular weight is 273 g/mol.